The second-order valence-corrected chi connectivity index (χ2v) is 13.5. The van der Waals surface area contributed by atoms with Gasteiger partial charge in [0.2, 0.25) is 0 Å². The van der Waals surface area contributed by atoms with Crippen molar-refractivity contribution in [1.29, 1.82) is 0 Å². The fraction of sp³-hybridized carbons (Fsp3) is 0.100. The summed E-state index contributed by atoms with van der Waals surface area (Å²) in [5.74, 6) is 1.04. The van der Waals surface area contributed by atoms with Gasteiger partial charge in [0.25, 0.3) is 0 Å². The predicted molar refractivity (Wildman–Crippen MR) is 199 cm³/mol. The molecular weight excluding hydrogens is 674 g/mol. The van der Waals surface area contributed by atoms with Gasteiger partial charge in [0.05, 0.1) is 17.2 Å². The molecule has 0 aliphatic rings. The van der Waals surface area contributed by atoms with Gasteiger partial charge in [0, 0.05) is 37.3 Å². The highest BCUT2D eigenvalue weighted by Gasteiger charge is 2.29. The second-order valence-electron chi connectivity index (χ2n) is 11.3. The molecule has 6 rings (SSSR count). The first kappa shape index (κ1) is 32.5. The highest BCUT2D eigenvalue weighted by Crippen LogP contribution is 2.56. The van der Waals surface area contributed by atoms with Crippen LogP contribution < -0.4 is 4.74 Å². The summed E-state index contributed by atoms with van der Waals surface area (Å²) in [6, 6.07) is 38.2. The minimum atomic E-state index is 0.383. The molecule has 0 aromatic heterocycles. The van der Waals surface area contributed by atoms with E-state index >= 15 is 0 Å². The molecule has 0 aliphatic carbocycles. The van der Waals surface area contributed by atoms with E-state index in [9.17, 15) is 0 Å². The van der Waals surface area contributed by atoms with E-state index in [0.717, 1.165) is 55.6 Å². The second kappa shape index (κ2) is 13.7. The summed E-state index contributed by atoms with van der Waals surface area (Å²) < 4.78 is 6.45. The Hall–Kier alpha value is -3.43. The smallest absolute Gasteiger partial charge is 0.135 e. The van der Waals surface area contributed by atoms with Crippen LogP contribution in [0.5, 0.6) is 5.75 Å². The van der Waals surface area contributed by atoms with Crippen LogP contribution in [0.25, 0.3) is 55.6 Å². The lowest BCUT2D eigenvalue weighted by Crippen LogP contribution is -2.02. The van der Waals surface area contributed by atoms with Gasteiger partial charge in [-0.3, -0.25) is 0 Å². The monoisotopic (exact) mass is 700 g/mol. The number of rotatable bonds is 7. The number of hydrogen-bond donors (Lipinski definition) is 0. The standard InChI is InChI=1S/C40H29Cl5O/c1-23(2)24-9-11-26(12-10-24)36-35(25-7-5-4-6-8-25)37(29-19-31(42)22-32(43)20-29)39(28-15-18-33(44)34(45)21-28)40(46-3)38(36)27-13-16-30(41)17-14-27/h4-23H,1-3H3. The topological polar surface area (TPSA) is 9.23 Å². The maximum atomic E-state index is 6.70. The zero-order valence-electron chi connectivity index (χ0n) is 25.3. The molecule has 0 saturated carbocycles. The van der Waals surface area contributed by atoms with Crippen molar-refractivity contribution in [3.63, 3.8) is 0 Å². The third-order valence-corrected chi connectivity index (χ3v) is 9.51. The van der Waals surface area contributed by atoms with Crippen LogP contribution in [-0.4, -0.2) is 7.11 Å². The fourth-order valence-electron chi connectivity index (χ4n) is 5.95. The average Bonchev–Trinajstić information content (AvgIpc) is 3.05. The Bertz CT molecular complexity index is 2010. The highest BCUT2D eigenvalue weighted by molar-refractivity contribution is 6.42. The van der Waals surface area contributed by atoms with Crippen LogP contribution in [-0.2, 0) is 0 Å². The Kier molecular flexibility index (Phi) is 9.71. The molecule has 6 aromatic rings. The molecule has 1 nitrogen and oxygen atoms in total. The first-order chi connectivity index (χ1) is 22.2. The molecular formula is C40H29Cl5O. The quantitative estimate of drug-likeness (QED) is 0.161. The summed E-state index contributed by atoms with van der Waals surface area (Å²) >= 11 is 32.9. The van der Waals surface area contributed by atoms with Crippen molar-refractivity contribution in [2.24, 2.45) is 0 Å². The summed E-state index contributed by atoms with van der Waals surface area (Å²) in [5.41, 5.74) is 10.5. The maximum absolute atomic E-state index is 6.70. The predicted octanol–water partition coefficient (Wildman–Crippen LogP) is 14.4. The van der Waals surface area contributed by atoms with Crippen molar-refractivity contribution in [2.75, 3.05) is 7.11 Å². The number of halogens is 5. The molecule has 6 aromatic carbocycles. The number of ether oxygens (including phenoxy) is 1. The Morgan fingerprint density at radius 2 is 0.935 bits per heavy atom. The van der Waals surface area contributed by atoms with Gasteiger partial charge in [-0.1, -0.05) is 145 Å². The molecule has 0 saturated heterocycles. The van der Waals surface area contributed by atoms with E-state index in [1.165, 1.54) is 5.56 Å². The lowest BCUT2D eigenvalue weighted by atomic mass is 9.78. The molecule has 0 heterocycles. The molecule has 0 N–H and O–H groups in total. The minimum Gasteiger partial charge on any atom is -0.495 e. The van der Waals surface area contributed by atoms with Crippen LogP contribution in [0.4, 0.5) is 0 Å². The van der Waals surface area contributed by atoms with Crippen molar-refractivity contribution >= 4 is 58.0 Å². The fourth-order valence-corrected chi connectivity index (χ4v) is 6.90. The minimum absolute atomic E-state index is 0.383. The molecule has 0 aliphatic heterocycles. The van der Waals surface area contributed by atoms with E-state index in [1.54, 1.807) is 19.2 Å². The highest BCUT2D eigenvalue weighted by atomic mass is 35.5. The Morgan fingerprint density at radius 1 is 0.435 bits per heavy atom. The molecule has 0 fully saturated rings. The van der Waals surface area contributed by atoms with E-state index in [2.05, 4.69) is 50.2 Å². The van der Waals surface area contributed by atoms with Gasteiger partial charge in [-0.05, 0) is 87.3 Å². The van der Waals surface area contributed by atoms with Gasteiger partial charge in [-0.15, -0.1) is 0 Å². The summed E-state index contributed by atoms with van der Waals surface area (Å²) in [6.45, 7) is 4.39. The zero-order valence-corrected chi connectivity index (χ0v) is 29.1. The SMILES string of the molecule is COc1c(-c2ccc(Cl)cc2)c(-c2ccc(C(C)C)cc2)c(-c2ccccc2)c(-c2cc(Cl)cc(Cl)c2)c1-c1ccc(Cl)c(Cl)c1. The van der Waals surface area contributed by atoms with Crippen LogP contribution in [0.3, 0.4) is 0 Å². The first-order valence-corrected chi connectivity index (χ1v) is 16.7. The lowest BCUT2D eigenvalue weighted by Gasteiger charge is -2.28. The Labute approximate surface area is 295 Å². The first-order valence-electron chi connectivity index (χ1n) is 14.8. The molecule has 0 amide bonds. The van der Waals surface area contributed by atoms with Gasteiger partial charge in [-0.25, -0.2) is 0 Å². The van der Waals surface area contributed by atoms with E-state index in [1.807, 2.05) is 66.7 Å². The number of hydrogen-bond acceptors (Lipinski definition) is 1. The van der Waals surface area contributed by atoms with Crippen molar-refractivity contribution in [1.82, 2.24) is 0 Å². The van der Waals surface area contributed by atoms with Gasteiger partial charge in [0.15, 0.2) is 0 Å². The molecule has 6 heteroatoms. The summed E-state index contributed by atoms with van der Waals surface area (Å²) in [6.07, 6.45) is 0. The van der Waals surface area contributed by atoms with Crippen LogP contribution in [0.1, 0.15) is 25.3 Å². The number of benzene rings is 6. The van der Waals surface area contributed by atoms with E-state index in [4.69, 9.17) is 62.7 Å². The molecule has 0 unspecified atom stereocenters. The molecule has 0 atom stereocenters. The molecule has 0 radical (unpaired) electrons. The zero-order chi connectivity index (χ0) is 32.5. The van der Waals surface area contributed by atoms with Crippen molar-refractivity contribution in [3.05, 3.63) is 146 Å². The van der Waals surface area contributed by atoms with Crippen molar-refractivity contribution < 1.29 is 4.74 Å². The van der Waals surface area contributed by atoms with Crippen LogP contribution >= 0.6 is 58.0 Å². The van der Waals surface area contributed by atoms with Gasteiger partial charge in [0.1, 0.15) is 5.75 Å². The Balaban J connectivity index is 1.91. The summed E-state index contributed by atoms with van der Waals surface area (Å²) in [7, 11) is 1.69. The van der Waals surface area contributed by atoms with Gasteiger partial charge >= 0.3 is 0 Å². The summed E-state index contributed by atoms with van der Waals surface area (Å²) in [5, 5.41) is 2.57. The summed E-state index contributed by atoms with van der Waals surface area (Å²) in [4.78, 5) is 0. The molecule has 0 bridgehead atoms. The van der Waals surface area contributed by atoms with Crippen molar-refractivity contribution in [3.8, 4) is 61.4 Å². The maximum Gasteiger partial charge on any atom is 0.135 e. The van der Waals surface area contributed by atoms with Gasteiger partial charge < -0.3 is 4.74 Å². The Morgan fingerprint density at radius 3 is 1.52 bits per heavy atom. The lowest BCUT2D eigenvalue weighted by molar-refractivity contribution is 0.418. The van der Waals surface area contributed by atoms with Crippen LogP contribution in [0, 0.1) is 0 Å². The normalized spacial score (nSPS) is 11.2. The third-order valence-electron chi connectivity index (χ3n) is 8.08. The van der Waals surface area contributed by atoms with E-state index in [0.29, 0.717) is 36.8 Å². The van der Waals surface area contributed by atoms with Crippen LogP contribution in [0.2, 0.25) is 25.1 Å². The number of methoxy groups -OCH3 is 1. The third kappa shape index (κ3) is 6.41. The van der Waals surface area contributed by atoms with Crippen LogP contribution in [0.15, 0.2) is 115 Å². The molecule has 230 valence electrons. The largest absolute Gasteiger partial charge is 0.495 e. The molecule has 46 heavy (non-hydrogen) atoms. The molecule has 0 spiro atoms. The van der Waals surface area contributed by atoms with E-state index in [-0.39, 0.29) is 0 Å². The average molecular weight is 703 g/mol. The van der Waals surface area contributed by atoms with Gasteiger partial charge in [-0.2, -0.15) is 0 Å². The van der Waals surface area contributed by atoms with E-state index < -0.39 is 0 Å². The van der Waals surface area contributed by atoms with Crippen molar-refractivity contribution in [2.45, 2.75) is 19.8 Å².